The lowest BCUT2D eigenvalue weighted by atomic mass is 9.85. The number of rotatable bonds is 4. The van der Waals surface area contributed by atoms with Crippen molar-refractivity contribution >= 4 is 29.9 Å². The van der Waals surface area contributed by atoms with Crippen molar-refractivity contribution in [3.8, 4) is 0 Å². The lowest BCUT2D eigenvalue weighted by Crippen LogP contribution is -2.48. The normalized spacial score (nSPS) is 23.2. The molecule has 8 heteroatoms. The summed E-state index contributed by atoms with van der Waals surface area (Å²) in [6.07, 6.45) is -2.59. The van der Waals surface area contributed by atoms with Crippen molar-refractivity contribution in [1.29, 1.82) is 0 Å². The summed E-state index contributed by atoms with van der Waals surface area (Å²) in [7, 11) is 1.67. The van der Waals surface area contributed by atoms with Gasteiger partial charge < -0.3 is 16.0 Å². The molecular formula is C15H30F3IN4. The van der Waals surface area contributed by atoms with Crippen LogP contribution in [0, 0.1) is 5.92 Å². The Morgan fingerprint density at radius 2 is 1.61 bits per heavy atom. The molecule has 3 N–H and O–H groups in total. The minimum absolute atomic E-state index is 0. The van der Waals surface area contributed by atoms with E-state index in [4.69, 9.17) is 0 Å². The van der Waals surface area contributed by atoms with Gasteiger partial charge in [-0.05, 0) is 46.5 Å². The number of nitrogens with zero attached hydrogens (tertiary/aromatic N) is 1. The monoisotopic (exact) mass is 450 g/mol. The standard InChI is InChI=1S/C15H29F3N4.HI/c1-14(2,3)21-10-9-20-13(19-4)22-12-7-5-11(6-8-12)15(16,17)18;/h11-12,21H,5-10H2,1-4H3,(H2,19,20,22);1H. The first-order chi connectivity index (χ1) is 10.1. The summed E-state index contributed by atoms with van der Waals surface area (Å²) in [5.41, 5.74) is 0.0641. The molecule has 1 aliphatic carbocycles. The van der Waals surface area contributed by atoms with Crippen molar-refractivity contribution in [2.45, 2.75) is 64.2 Å². The second-order valence-corrected chi connectivity index (χ2v) is 6.91. The van der Waals surface area contributed by atoms with E-state index in [2.05, 4.69) is 41.7 Å². The van der Waals surface area contributed by atoms with E-state index in [0.29, 0.717) is 18.8 Å². The predicted molar refractivity (Wildman–Crippen MR) is 99.5 cm³/mol. The van der Waals surface area contributed by atoms with E-state index < -0.39 is 12.1 Å². The molecule has 0 bridgehead atoms. The van der Waals surface area contributed by atoms with Crippen LogP contribution < -0.4 is 16.0 Å². The largest absolute Gasteiger partial charge is 0.391 e. The molecule has 0 heterocycles. The third kappa shape index (κ3) is 9.59. The smallest absolute Gasteiger partial charge is 0.355 e. The van der Waals surface area contributed by atoms with E-state index >= 15 is 0 Å². The van der Waals surface area contributed by atoms with E-state index in [1.54, 1.807) is 7.05 Å². The molecule has 0 aliphatic heterocycles. The molecule has 0 aromatic rings. The van der Waals surface area contributed by atoms with E-state index in [1.807, 2.05) is 0 Å². The molecule has 1 aliphatic rings. The summed E-state index contributed by atoms with van der Waals surface area (Å²) in [6.45, 7) is 7.80. The highest BCUT2D eigenvalue weighted by Gasteiger charge is 2.41. The molecule has 0 amide bonds. The molecule has 0 unspecified atom stereocenters. The Morgan fingerprint density at radius 1 is 1.04 bits per heavy atom. The van der Waals surface area contributed by atoms with Gasteiger partial charge in [-0.1, -0.05) is 0 Å². The van der Waals surface area contributed by atoms with Crippen LogP contribution in [-0.4, -0.2) is 43.9 Å². The lowest BCUT2D eigenvalue weighted by molar-refractivity contribution is -0.182. The number of aliphatic imine (C=N–C) groups is 1. The van der Waals surface area contributed by atoms with E-state index in [0.717, 1.165) is 13.1 Å². The maximum Gasteiger partial charge on any atom is 0.391 e. The fourth-order valence-corrected chi connectivity index (χ4v) is 2.57. The average Bonchev–Trinajstić information content (AvgIpc) is 2.40. The summed E-state index contributed by atoms with van der Waals surface area (Å²) < 4.78 is 37.9. The highest BCUT2D eigenvalue weighted by molar-refractivity contribution is 14.0. The number of nitrogens with one attached hydrogen (secondary N) is 3. The van der Waals surface area contributed by atoms with Crippen molar-refractivity contribution in [3.63, 3.8) is 0 Å². The Morgan fingerprint density at radius 3 is 2.04 bits per heavy atom. The van der Waals surface area contributed by atoms with Gasteiger partial charge >= 0.3 is 6.18 Å². The van der Waals surface area contributed by atoms with Gasteiger partial charge in [-0.3, -0.25) is 4.99 Å². The van der Waals surface area contributed by atoms with E-state index in [1.165, 1.54) is 0 Å². The Labute approximate surface area is 154 Å². The fraction of sp³-hybridized carbons (Fsp3) is 0.933. The number of hydrogen-bond acceptors (Lipinski definition) is 2. The summed E-state index contributed by atoms with van der Waals surface area (Å²) in [6, 6.07) is 0.0698. The first kappa shape index (κ1) is 22.8. The van der Waals surface area contributed by atoms with Gasteiger partial charge in [0.25, 0.3) is 0 Å². The van der Waals surface area contributed by atoms with Gasteiger partial charge in [-0.2, -0.15) is 13.2 Å². The van der Waals surface area contributed by atoms with E-state index in [-0.39, 0.29) is 48.4 Å². The van der Waals surface area contributed by atoms with Crippen molar-refractivity contribution in [2.75, 3.05) is 20.1 Å². The Hall–Kier alpha value is -0.250. The van der Waals surface area contributed by atoms with Gasteiger partial charge in [0, 0.05) is 31.7 Å². The topological polar surface area (TPSA) is 48.5 Å². The molecule has 1 saturated carbocycles. The second-order valence-electron chi connectivity index (χ2n) is 6.91. The zero-order chi connectivity index (χ0) is 16.8. The van der Waals surface area contributed by atoms with Crippen LogP contribution in [0.5, 0.6) is 0 Å². The number of halogens is 4. The zero-order valence-corrected chi connectivity index (χ0v) is 16.7. The Kier molecular flexibility index (Phi) is 9.80. The number of hydrogen-bond donors (Lipinski definition) is 3. The van der Waals surface area contributed by atoms with Crippen LogP contribution in [-0.2, 0) is 0 Å². The molecule has 0 spiro atoms. The highest BCUT2D eigenvalue weighted by Crippen LogP contribution is 2.37. The molecule has 0 atom stereocenters. The summed E-state index contributed by atoms with van der Waals surface area (Å²) in [5, 5.41) is 9.76. The van der Waals surface area contributed by atoms with Gasteiger partial charge in [-0.25, -0.2) is 0 Å². The van der Waals surface area contributed by atoms with Crippen molar-refractivity contribution in [2.24, 2.45) is 10.9 Å². The molecule has 23 heavy (non-hydrogen) atoms. The maximum absolute atomic E-state index is 12.6. The summed E-state index contributed by atoms with van der Waals surface area (Å²) >= 11 is 0. The van der Waals surface area contributed by atoms with Crippen LogP contribution in [0.3, 0.4) is 0 Å². The minimum Gasteiger partial charge on any atom is -0.355 e. The molecule has 4 nitrogen and oxygen atoms in total. The Bertz CT molecular complexity index is 359. The van der Waals surface area contributed by atoms with Crippen LogP contribution in [0.4, 0.5) is 13.2 Å². The molecular weight excluding hydrogens is 420 g/mol. The third-order valence-corrected chi connectivity index (χ3v) is 3.83. The van der Waals surface area contributed by atoms with Crippen LogP contribution in [0.15, 0.2) is 4.99 Å². The van der Waals surface area contributed by atoms with Gasteiger partial charge in [-0.15, -0.1) is 24.0 Å². The highest BCUT2D eigenvalue weighted by atomic mass is 127. The molecule has 0 radical (unpaired) electrons. The third-order valence-electron chi connectivity index (χ3n) is 3.83. The van der Waals surface area contributed by atoms with Gasteiger partial charge in [0.05, 0.1) is 5.92 Å². The quantitative estimate of drug-likeness (QED) is 0.267. The van der Waals surface area contributed by atoms with Gasteiger partial charge in [0.1, 0.15) is 0 Å². The molecule has 1 rings (SSSR count). The van der Waals surface area contributed by atoms with Crippen molar-refractivity contribution in [3.05, 3.63) is 0 Å². The number of alkyl halides is 3. The maximum atomic E-state index is 12.6. The Balaban J connectivity index is 0.00000484. The number of guanidine groups is 1. The molecule has 0 aromatic carbocycles. The van der Waals surface area contributed by atoms with E-state index in [9.17, 15) is 13.2 Å². The molecule has 138 valence electrons. The minimum atomic E-state index is -4.05. The lowest BCUT2D eigenvalue weighted by Gasteiger charge is -2.31. The average molecular weight is 450 g/mol. The van der Waals surface area contributed by atoms with Crippen LogP contribution in [0.25, 0.3) is 0 Å². The first-order valence-electron chi connectivity index (χ1n) is 7.91. The first-order valence-corrected chi connectivity index (χ1v) is 7.91. The van der Waals surface area contributed by atoms with Crippen LogP contribution in [0.1, 0.15) is 46.5 Å². The second kappa shape index (κ2) is 9.90. The molecule has 0 saturated heterocycles. The van der Waals surface area contributed by atoms with Crippen LogP contribution in [0.2, 0.25) is 0 Å². The molecule has 0 aromatic heterocycles. The fourth-order valence-electron chi connectivity index (χ4n) is 2.57. The predicted octanol–water partition coefficient (Wildman–Crippen LogP) is 3.28. The SMILES string of the molecule is CN=C(NCCNC(C)(C)C)NC1CCC(C(F)(F)F)CC1.I. The van der Waals surface area contributed by atoms with Crippen molar-refractivity contribution in [1.82, 2.24) is 16.0 Å². The summed E-state index contributed by atoms with van der Waals surface area (Å²) in [5.74, 6) is -0.484. The molecule has 1 fully saturated rings. The van der Waals surface area contributed by atoms with Gasteiger partial charge in [0.15, 0.2) is 5.96 Å². The summed E-state index contributed by atoms with van der Waals surface area (Å²) in [4.78, 5) is 4.13. The van der Waals surface area contributed by atoms with Crippen LogP contribution >= 0.6 is 24.0 Å². The van der Waals surface area contributed by atoms with Crippen molar-refractivity contribution < 1.29 is 13.2 Å². The zero-order valence-electron chi connectivity index (χ0n) is 14.4. The van der Waals surface area contributed by atoms with Gasteiger partial charge in [0.2, 0.25) is 0 Å².